The third-order valence-electron chi connectivity index (χ3n) is 5.61. The molecular formula is C24H28Cl2N2O5. The quantitative estimate of drug-likeness (QED) is 0.342. The summed E-state index contributed by atoms with van der Waals surface area (Å²) in [5.41, 5.74) is 2.80. The second-order valence-electron chi connectivity index (χ2n) is 7.91. The van der Waals surface area contributed by atoms with E-state index >= 15 is 0 Å². The number of carbonyl (C=O) groups is 1. The zero-order valence-corrected chi connectivity index (χ0v) is 19.8. The van der Waals surface area contributed by atoms with E-state index in [1.165, 1.54) is 0 Å². The summed E-state index contributed by atoms with van der Waals surface area (Å²) >= 11 is 12.1. The number of aliphatic hydroxyl groups excluding tert-OH is 1. The summed E-state index contributed by atoms with van der Waals surface area (Å²) < 4.78 is 11.3. The summed E-state index contributed by atoms with van der Waals surface area (Å²) in [7, 11) is 1.61. The molecule has 33 heavy (non-hydrogen) atoms. The number of hydrogen-bond donors (Lipinski definition) is 4. The lowest BCUT2D eigenvalue weighted by atomic mass is 10.0. The van der Waals surface area contributed by atoms with Gasteiger partial charge in [-0.05, 0) is 59.9 Å². The fourth-order valence-electron chi connectivity index (χ4n) is 4.11. The first-order valence-electron chi connectivity index (χ1n) is 10.6. The van der Waals surface area contributed by atoms with Gasteiger partial charge in [-0.15, -0.1) is 6.58 Å². The van der Waals surface area contributed by atoms with Crippen molar-refractivity contribution in [3.05, 3.63) is 75.8 Å². The van der Waals surface area contributed by atoms with E-state index < -0.39 is 18.2 Å². The Morgan fingerprint density at radius 2 is 1.97 bits per heavy atom. The minimum absolute atomic E-state index is 0.0920. The van der Waals surface area contributed by atoms with Crippen LogP contribution in [0.2, 0.25) is 10.0 Å². The smallest absolute Gasteiger partial charge is 0.404 e. The predicted molar refractivity (Wildman–Crippen MR) is 128 cm³/mol. The molecule has 0 radical (unpaired) electrons. The third kappa shape index (κ3) is 6.85. The normalized spacial score (nSPS) is 18.9. The number of nitrogens with one attached hydrogen (secondary N) is 2. The van der Waals surface area contributed by atoms with Gasteiger partial charge in [0.2, 0.25) is 0 Å². The molecule has 1 aliphatic rings. The molecule has 7 nitrogen and oxygen atoms in total. The molecule has 0 spiro atoms. The van der Waals surface area contributed by atoms with Crippen LogP contribution in [0.25, 0.3) is 0 Å². The molecule has 0 bridgehead atoms. The zero-order valence-electron chi connectivity index (χ0n) is 18.3. The van der Waals surface area contributed by atoms with Gasteiger partial charge >= 0.3 is 6.09 Å². The van der Waals surface area contributed by atoms with Crippen molar-refractivity contribution in [2.75, 3.05) is 20.3 Å². The van der Waals surface area contributed by atoms with Gasteiger partial charge in [-0.3, -0.25) is 0 Å². The number of amides is 1. The first-order valence-corrected chi connectivity index (χ1v) is 11.3. The van der Waals surface area contributed by atoms with Crippen LogP contribution in [0.3, 0.4) is 0 Å². The minimum atomic E-state index is -1.22. The van der Waals surface area contributed by atoms with Crippen LogP contribution in [0, 0.1) is 0 Å². The number of ether oxygens (including phenoxy) is 2. The highest BCUT2D eigenvalue weighted by molar-refractivity contribution is 6.34. The molecule has 4 atom stereocenters. The summed E-state index contributed by atoms with van der Waals surface area (Å²) in [6, 6.07) is 9.98. The summed E-state index contributed by atoms with van der Waals surface area (Å²) in [5, 5.41) is 26.8. The number of methoxy groups -OCH3 is 1. The number of benzene rings is 2. The number of aliphatic hydroxyl groups is 1. The highest BCUT2D eigenvalue weighted by atomic mass is 35.5. The Morgan fingerprint density at radius 1 is 1.24 bits per heavy atom. The first kappa shape index (κ1) is 25.3. The van der Waals surface area contributed by atoms with Crippen molar-refractivity contribution in [3.63, 3.8) is 0 Å². The molecule has 0 aromatic heterocycles. The van der Waals surface area contributed by atoms with Crippen LogP contribution in [0.1, 0.15) is 35.3 Å². The topological polar surface area (TPSA) is 100 Å². The Kier molecular flexibility index (Phi) is 9.00. The molecule has 0 fully saturated rings. The van der Waals surface area contributed by atoms with Gasteiger partial charge in [0.1, 0.15) is 5.75 Å². The number of carboxylic acid groups (broad SMARTS) is 1. The Balaban J connectivity index is 1.72. The van der Waals surface area contributed by atoms with Crippen molar-refractivity contribution in [2.45, 2.75) is 37.1 Å². The fraction of sp³-hybridized carbons (Fsp3) is 0.375. The summed E-state index contributed by atoms with van der Waals surface area (Å²) in [4.78, 5) is 11.3. The second kappa shape index (κ2) is 11.7. The Morgan fingerprint density at radius 3 is 2.61 bits per heavy atom. The van der Waals surface area contributed by atoms with E-state index in [1.807, 2.05) is 18.2 Å². The Bertz CT molecular complexity index is 967. The van der Waals surface area contributed by atoms with E-state index in [4.69, 9.17) is 32.7 Å². The molecule has 4 N–H and O–H groups in total. The molecule has 0 saturated heterocycles. The van der Waals surface area contributed by atoms with Gasteiger partial charge in [0.25, 0.3) is 0 Å². The van der Waals surface area contributed by atoms with Crippen LogP contribution in [-0.4, -0.2) is 48.7 Å². The largest absolute Gasteiger partial charge is 0.497 e. The number of halogens is 2. The van der Waals surface area contributed by atoms with Gasteiger partial charge in [0.15, 0.2) is 0 Å². The molecule has 0 heterocycles. The van der Waals surface area contributed by atoms with Crippen molar-refractivity contribution >= 4 is 29.3 Å². The van der Waals surface area contributed by atoms with E-state index in [0.717, 1.165) is 22.4 Å². The molecule has 9 heteroatoms. The average molecular weight is 495 g/mol. The van der Waals surface area contributed by atoms with E-state index in [-0.39, 0.29) is 25.1 Å². The van der Waals surface area contributed by atoms with Crippen LogP contribution in [0.15, 0.2) is 49.1 Å². The maximum absolute atomic E-state index is 11.3. The van der Waals surface area contributed by atoms with Crippen LogP contribution in [-0.2, 0) is 11.2 Å². The molecule has 3 rings (SSSR count). The molecule has 0 aliphatic heterocycles. The van der Waals surface area contributed by atoms with Crippen LogP contribution in [0.4, 0.5) is 4.79 Å². The molecular weight excluding hydrogens is 467 g/mol. The van der Waals surface area contributed by atoms with Crippen molar-refractivity contribution in [1.29, 1.82) is 0 Å². The Labute approximate surface area is 203 Å². The van der Waals surface area contributed by atoms with E-state index in [9.17, 15) is 15.0 Å². The highest BCUT2D eigenvalue weighted by Crippen LogP contribution is 2.42. The standard InChI is InChI=1S/C24H28Cl2N2O5/c1-3-6-33-23-12-20(19-11-17(32-2)4-5-18(19)23)27-13-22(29)21(28-24(30)31)9-14-7-15(25)10-16(26)8-14/h3-5,7-8,10-11,20-23,27-29H,1,6,9,12-13H2,2H3,(H,30,31)/t20-,21-,22-,23+/m0/s1. The SMILES string of the molecule is C=CCO[C@@H]1C[C@H](NC[C@H](O)[C@H](Cc2cc(Cl)cc(Cl)c2)NC(=O)O)c2cc(OC)ccc21. The van der Waals surface area contributed by atoms with E-state index in [0.29, 0.717) is 23.1 Å². The van der Waals surface area contributed by atoms with Gasteiger partial charge in [-0.1, -0.05) is 35.3 Å². The predicted octanol–water partition coefficient (Wildman–Crippen LogP) is 4.52. The molecule has 0 saturated carbocycles. The summed E-state index contributed by atoms with van der Waals surface area (Å²) in [6.45, 7) is 4.30. The number of fused-ring (bicyclic) bond motifs is 1. The third-order valence-corrected chi connectivity index (χ3v) is 6.04. The first-order chi connectivity index (χ1) is 15.8. The maximum atomic E-state index is 11.3. The van der Waals surface area contributed by atoms with Crippen molar-refractivity contribution < 1.29 is 24.5 Å². The lowest BCUT2D eigenvalue weighted by molar-refractivity contribution is 0.0672. The molecule has 178 valence electrons. The van der Waals surface area contributed by atoms with Crippen LogP contribution in [0.5, 0.6) is 5.75 Å². The van der Waals surface area contributed by atoms with Gasteiger partial charge in [0, 0.05) is 22.6 Å². The van der Waals surface area contributed by atoms with Crippen molar-refractivity contribution in [3.8, 4) is 5.75 Å². The van der Waals surface area contributed by atoms with Gasteiger partial charge < -0.3 is 30.3 Å². The molecule has 1 aliphatic carbocycles. The second-order valence-corrected chi connectivity index (χ2v) is 8.78. The molecule has 2 aromatic rings. The lowest BCUT2D eigenvalue weighted by Gasteiger charge is -2.25. The highest BCUT2D eigenvalue weighted by Gasteiger charge is 2.33. The van der Waals surface area contributed by atoms with E-state index in [2.05, 4.69) is 17.2 Å². The average Bonchev–Trinajstić information content (AvgIpc) is 3.11. The van der Waals surface area contributed by atoms with Gasteiger partial charge in [0.05, 0.1) is 32.0 Å². The minimum Gasteiger partial charge on any atom is -0.497 e. The van der Waals surface area contributed by atoms with Crippen LogP contribution < -0.4 is 15.4 Å². The lowest BCUT2D eigenvalue weighted by Crippen LogP contribution is -2.48. The van der Waals surface area contributed by atoms with Gasteiger partial charge in [-0.2, -0.15) is 0 Å². The molecule has 0 unspecified atom stereocenters. The molecule has 1 amide bonds. The van der Waals surface area contributed by atoms with E-state index in [1.54, 1.807) is 31.4 Å². The van der Waals surface area contributed by atoms with Crippen LogP contribution >= 0.6 is 23.2 Å². The monoisotopic (exact) mass is 494 g/mol. The van der Waals surface area contributed by atoms with Crippen molar-refractivity contribution in [1.82, 2.24) is 10.6 Å². The maximum Gasteiger partial charge on any atom is 0.404 e. The molecule has 2 aromatic carbocycles. The van der Waals surface area contributed by atoms with Crippen molar-refractivity contribution in [2.24, 2.45) is 0 Å². The fourth-order valence-corrected chi connectivity index (χ4v) is 4.68. The Hall–Kier alpha value is -2.29. The number of rotatable bonds is 11. The zero-order chi connectivity index (χ0) is 24.0. The van der Waals surface area contributed by atoms with Gasteiger partial charge in [-0.25, -0.2) is 4.79 Å². The number of hydrogen-bond acceptors (Lipinski definition) is 5. The summed E-state index contributed by atoms with van der Waals surface area (Å²) in [5.74, 6) is 0.730. The summed E-state index contributed by atoms with van der Waals surface area (Å²) in [6.07, 6.45) is 0.277.